The summed E-state index contributed by atoms with van der Waals surface area (Å²) in [6, 6.07) is 7.86. The molecule has 33 heavy (non-hydrogen) atoms. The average molecular weight is 470 g/mol. The van der Waals surface area contributed by atoms with Crippen LogP contribution >= 0.6 is 11.6 Å². The van der Waals surface area contributed by atoms with Crippen LogP contribution in [0.4, 0.5) is 10.5 Å². The van der Waals surface area contributed by atoms with E-state index < -0.39 is 0 Å². The van der Waals surface area contributed by atoms with Gasteiger partial charge in [-0.1, -0.05) is 11.6 Å². The van der Waals surface area contributed by atoms with E-state index in [4.69, 9.17) is 11.6 Å². The quantitative estimate of drug-likeness (QED) is 0.681. The van der Waals surface area contributed by atoms with Gasteiger partial charge in [0, 0.05) is 60.9 Å². The molecule has 2 fully saturated rings. The number of nitrogens with zero attached hydrogens (tertiary/aromatic N) is 3. The molecule has 8 heteroatoms. The van der Waals surface area contributed by atoms with Crippen molar-refractivity contribution in [2.75, 3.05) is 25.0 Å². The number of piperazine rings is 1. The summed E-state index contributed by atoms with van der Waals surface area (Å²) in [5.74, 6) is -0.210. The molecule has 1 saturated carbocycles. The van der Waals surface area contributed by atoms with E-state index in [0.717, 1.165) is 42.8 Å². The first-order valence-corrected chi connectivity index (χ1v) is 12.0. The lowest BCUT2D eigenvalue weighted by atomic mass is 9.93. The van der Waals surface area contributed by atoms with Gasteiger partial charge in [-0.15, -0.1) is 0 Å². The molecule has 7 nitrogen and oxygen atoms in total. The summed E-state index contributed by atoms with van der Waals surface area (Å²) in [5.41, 5.74) is 4.13. The summed E-state index contributed by atoms with van der Waals surface area (Å²) in [6.07, 6.45) is 4.96. The predicted molar refractivity (Wildman–Crippen MR) is 131 cm³/mol. The van der Waals surface area contributed by atoms with Gasteiger partial charge < -0.3 is 15.5 Å². The highest BCUT2D eigenvalue weighted by molar-refractivity contribution is 6.31. The Bertz CT molecular complexity index is 1020. The molecule has 0 spiro atoms. The largest absolute Gasteiger partial charge is 0.335 e. The Morgan fingerprint density at radius 1 is 1.18 bits per heavy atom. The van der Waals surface area contributed by atoms with Gasteiger partial charge >= 0.3 is 6.03 Å². The van der Waals surface area contributed by atoms with Gasteiger partial charge in [-0.05, 0) is 75.4 Å². The molecule has 1 atom stereocenters. The molecule has 4 rings (SSSR count). The summed E-state index contributed by atoms with van der Waals surface area (Å²) in [7, 11) is 0. The van der Waals surface area contributed by atoms with E-state index in [2.05, 4.69) is 27.4 Å². The molecule has 1 aliphatic carbocycles. The molecule has 2 heterocycles. The first-order chi connectivity index (χ1) is 15.8. The lowest BCUT2D eigenvalue weighted by Gasteiger charge is -2.41. The fraction of sp³-hybridized carbons (Fsp3) is 0.480. The zero-order chi connectivity index (χ0) is 23.5. The average Bonchev–Trinajstić information content (AvgIpc) is 2.74. The molecule has 1 saturated heterocycles. The maximum Gasteiger partial charge on any atom is 0.317 e. The standard InChI is InChI=1S/C25H32ClN5O2/c1-16-7-8-19(13-27-16)24(32)29-23-12-21(26)11-20(18(23)3)15-30-9-10-31(17(2)14-30)25(33)28-22-5-4-6-22/h7-8,11-13,17,22H,4-6,9-10,14-15H2,1-3H3,(H,28,33)(H,29,32). The molecule has 3 amide bonds. The van der Waals surface area contributed by atoms with Gasteiger partial charge in [0.2, 0.25) is 0 Å². The number of carbonyl (C=O) groups excluding carboxylic acids is 2. The maximum absolute atomic E-state index is 12.7. The molecule has 2 aromatic rings. The fourth-order valence-corrected chi connectivity index (χ4v) is 4.60. The van der Waals surface area contributed by atoms with Gasteiger partial charge in [-0.3, -0.25) is 14.7 Å². The number of aryl methyl sites for hydroxylation is 1. The second-order valence-corrected chi connectivity index (χ2v) is 9.67. The number of benzene rings is 1. The molecule has 2 aliphatic rings. The van der Waals surface area contributed by atoms with Gasteiger partial charge in [-0.25, -0.2) is 4.79 Å². The second kappa shape index (κ2) is 10.1. The smallest absolute Gasteiger partial charge is 0.317 e. The van der Waals surface area contributed by atoms with Crippen LogP contribution < -0.4 is 10.6 Å². The van der Waals surface area contributed by atoms with Crippen molar-refractivity contribution in [3.63, 3.8) is 0 Å². The van der Waals surface area contributed by atoms with Crippen molar-refractivity contribution in [2.24, 2.45) is 0 Å². The number of urea groups is 1. The van der Waals surface area contributed by atoms with Crippen molar-refractivity contribution in [3.05, 3.63) is 57.9 Å². The fourth-order valence-electron chi connectivity index (χ4n) is 4.36. The van der Waals surface area contributed by atoms with E-state index in [9.17, 15) is 9.59 Å². The second-order valence-electron chi connectivity index (χ2n) is 9.23. The number of amides is 3. The molecule has 1 aromatic carbocycles. The molecule has 0 radical (unpaired) electrons. The molecule has 1 unspecified atom stereocenters. The van der Waals surface area contributed by atoms with Gasteiger partial charge in [0.1, 0.15) is 0 Å². The van der Waals surface area contributed by atoms with E-state index in [0.29, 0.717) is 35.4 Å². The van der Waals surface area contributed by atoms with Crippen molar-refractivity contribution >= 4 is 29.2 Å². The maximum atomic E-state index is 12.7. The number of hydrogen-bond acceptors (Lipinski definition) is 4. The van der Waals surface area contributed by atoms with Crippen LogP contribution in [0, 0.1) is 13.8 Å². The van der Waals surface area contributed by atoms with Crippen molar-refractivity contribution < 1.29 is 9.59 Å². The summed E-state index contributed by atoms with van der Waals surface area (Å²) >= 11 is 6.41. The van der Waals surface area contributed by atoms with Crippen LogP contribution in [0.2, 0.25) is 5.02 Å². The van der Waals surface area contributed by atoms with E-state index in [1.54, 1.807) is 18.3 Å². The van der Waals surface area contributed by atoms with E-state index in [1.807, 2.05) is 30.9 Å². The predicted octanol–water partition coefficient (Wildman–Crippen LogP) is 4.37. The molecule has 2 N–H and O–H groups in total. The Kier molecular flexibility index (Phi) is 7.20. The highest BCUT2D eigenvalue weighted by Gasteiger charge is 2.30. The molecule has 0 bridgehead atoms. The number of halogens is 1. The lowest BCUT2D eigenvalue weighted by molar-refractivity contribution is 0.0939. The number of hydrogen-bond donors (Lipinski definition) is 2. The summed E-state index contributed by atoms with van der Waals surface area (Å²) in [4.78, 5) is 33.8. The van der Waals surface area contributed by atoms with Crippen molar-refractivity contribution in [3.8, 4) is 0 Å². The van der Waals surface area contributed by atoms with Crippen molar-refractivity contribution in [1.29, 1.82) is 0 Å². The van der Waals surface area contributed by atoms with Gasteiger partial charge in [-0.2, -0.15) is 0 Å². The molecular weight excluding hydrogens is 438 g/mol. The van der Waals surface area contributed by atoms with E-state index in [1.165, 1.54) is 6.42 Å². The Morgan fingerprint density at radius 3 is 2.61 bits per heavy atom. The van der Waals surface area contributed by atoms with Crippen LogP contribution in [0.15, 0.2) is 30.5 Å². The SMILES string of the molecule is Cc1ccc(C(=O)Nc2cc(Cl)cc(CN3CCN(C(=O)NC4CCC4)C(C)C3)c2C)cn1. The number of pyridine rings is 1. The number of rotatable bonds is 5. The highest BCUT2D eigenvalue weighted by atomic mass is 35.5. The number of aromatic nitrogens is 1. The topological polar surface area (TPSA) is 77.6 Å². The van der Waals surface area contributed by atoms with Gasteiger partial charge in [0.05, 0.1) is 5.56 Å². The van der Waals surface area contributed by atoms with Crippen LogP contribution in [0.1, 0.15) is 53.4 Å². The Labute approximate surface area is 200 Å². The van der Waals surface area contributed by atoms with Crippen LogP contribution in [-0.2, 0) is 6.54 Å². The van der Waals surface area contributed by atoms with Crippen LogP contribution in [0.5, 0.6) is 0 Å². The van der Waals surface area contributed by atoms with Crippen molar-refractivity contribution in [2.45, 2.75) is 58.7 Å². The van der Waals surface area contributed by atoms with E-state index >= 15 is 0 Å². The zero-order valence-corrected chi connectivity index (χ0v) is 20.3. The zero-order valence-electron chi connectivity index (χ0n) is 19.5. The normalized spacial score (nSPS) is 19.2. The van der Waals surface area contributed by atoms with Gasteiger partial charge in [0.15, 0.2) is 0 Å². The Morgan fingerprint density at radius 2 is 1.97 bits per heavy atom. The Hall–Kier alpha value is -2.64. The van der Waals surface area contributed by atoms with Crippen molar-refractivity contribution in [1.82, 2.24) is 20.1 Å². The monoisotopic (exact) mass is 469 g/mol. The van der Waals surface area contributed by atoms with Crippen LogP contribution in [0.25, 0.3) is 0 Å². The summed E-state index contributed by atoms with van der Waals surface area (Å²) < 4.78 is 0. The minimum Gasteiger partial charge on any atom is -0.335 e. The molecule has 176 valence electrons. The first kappa shape index (κ1) is 23.5. The Balaban J connectivity index is 1.40. The van der Waals surface area contributed by atoms with Gasteiger partial charge in [0.25, 0.3) is 5.91 Å². The molecule has 1 aliphatic heterocycles. The number of nitrogens with one attached hydrogen (secondary N) is 2. The first-order valence-electron chi connectivity index (χ1n) is 11.6. The van der Waals surface area contributed by atoms with E-state index in [-0.39, 0.29) is 18.0 Å². The lowest BCUT2D eigenvalue weighted by Crippen LogP contribution is -2.58. The molecular formula is C25H32ClN5O2. The van der Waals surface area contributed by atoms with Crippen LogP contribution in [0.3, 0.4) is 0 Å². The third-order valence-electron chi connectivity index (χ3n) is 6.70. The highest BCUT2D eigenvalue weighted by Crippen LogP contribution is 2.27. The summed E-state index contributed by atoms with van der Waals surface area (Å²) in [5, 5.41) is 6.71. The number of anilines is 1. The minimum absolute atomic E-state index is 0.0568. The summed E-state index contributed by atoms with van der Waals surface area (Å²) in [6.45, 7) is 8.98. The number of carbonyl (C=O) groups is 2. The minimum atomic E-state index is -0.210. The third-order valence-corrected chi connectivity index (χ3v) is 6.92. The molecule has 1 aromatic heterocycles. The third kappa shape index (κ3) is 5.65. The van der Waals surface area contributed by atoms with Crippen LogP contribution in [-0.4, -0.2) is 58.4 Å².